The van der Waals surface area contributed by atoms with E-state index in [-0.39, 0.29) is 5.92 Å². The minimum Gasteiger partial charge on any atom is -0.330 e. The number of pyridine rings is 1. The number of piperidine rings is 1. The van der Waals surface area contributed by atoms with Gasteiger partial charge in [-0.05, 0) is 31.9 Å². The number of rotatable bonds is 3. The van der Waals surface area contributed by atoms with Gasteiger partial charge in [-0.1, -0.05) is 6.07 Å². The summed E-state index contributed by atoms with van der Waals surface area (Å²) in [4.78, 5) is 9.09. The molecule has 124 valence electrons. The number of hydrogen-bond acceptors (Lipinski definition) is 4. The van der Waals surface area contributed by atoms with Crippen LogP contribution in [0.25, 0.3) is 11.4 Å². The maximum Gasteiger partial charge on any atom is 0.211 e. The van der Waals surface area contributed by atoms with E-state index in [9.17, 15) is 8.42 Å². The molecule has 3 rings (SSSR count). The van der Waals surface area contributed by atoms with Crippen LogP contribution in [-0.4, -0.2) is 46.6 Å². The number of imidazole rings is 1. The van der Waals surface area contributed by atoms with E-state index in [0.717, 1.165) is 35.7 Å². The summed E-state index contributed by atoms with van der Waals surface area (Å²) in [5.74, 6) is 1.08. The fourth-order valence-electron chi connectivity index (χ4n) is 3.05. The Labute approximate surface area is 137 Å². The van der Waals surface area contributed by atoms with E-state index >= 15 is 0 Å². The van der Waals surface area contributed by atoms with Crippen molar-refractivity contribution in [3.8, 4) is 11.4 Å². The zero-order chi connectivity index (χ0) is 16.6. The second-order valence-corrected chi connectivity index (χ2v) is 8.14. The minimum absolute atomic E-state index is 0.146. The predicted octanol–water partition coefficient (Wildman–Crippen LogP) is 1.93. The van der Waals surface area contributed by atoms with Crippen LogP contribution < -0.4 is 0 Å². The minimum atomic E-state index is -3.14. The van der Waals surface area contributed by atoms with Gasteiger partial charge in [-0.15, -0.1) is 0 Å². The molecule has 1 aliphatic heterocycles. The second kappa shape index (κ2) is 6.05. The smallest absolute Gasteiger partial charge is 0.211 e. The Balaban J connectivity index is 1.89. The number of sulfonamides is 1. The Morgan fingerprint density at radius 3 is 2.74 bits per heavy atom. The quantitative estimate of drug-likeness (QED) is 0.860. The summed E-state index contributed by atoms with van der Waals surface area (Å²) in [6.45, 7) is 3.08. The molecule has 7 heteroatoms. The van der Waals surface area contributed by atoms with Crippen LogP contribution in [0.15, 0.2) is 24.4 Å². The summed E-state index contributed by atoms with van der Waals surface area (Å²) in [7, 11) is -1.17. The first-order valence-corrected chi connectivity index (χ1v) is 9.62. The topological polar surface area (TPSA) is 68.1 Å². The highest BCUT2D eigenvalue weighted by molar-refractivity contribution is 7.88. The molecule has 0 aliphatic carbocycles. The van der Waals surface area contributed by atoms with Crippen molar-refractivity contribution >= 4 is 10.0 Å². The van der Waals surface area contributed by atoms with Crippen LogP contribution in [0.4, 0.5) is 0 Å². The van der Waals surface area contributed by atoms with Crippen LogP contribution in [0.3, 0.4) is 0 Å². The van der Waals surface area contributed by atoms with Gasteiger partial charge in [0.05, 0.1) is 23.8 Å². The van der Waals surface area contributed by atoms with Crippen molar-refractivity contribution in [1.82, 2.24) is 18.8 Å². The zero-order valence-electron chi connectivity index (χ0n) is 13.7. The monoisotopic (exact) mass is 334 g/mol. The van der Waals surface area contributed by atoms with Gasteiger partial charge >= 0.3 is 0 Å². The highest BCUT2D eigenvalue weighted by Crippen LogP contribution is 2.28. The number of hydrogen-bond donors (Lipinski definition) is 0. The third-order valence-electron chi connectivity index (χ3n) is 4.52. The van der Waals surface area contributed by atoms with Crippen LogP contribution in [0.1, 0.15) is 30.3 Å². The normalized spacial score (nSPS) is 19.9. The van der Waals surface area contributed by atoms with Gasteiger partial charge in [0.15, 0.2) is 0 Å². The highest BCUT2D eigenvalue weighted by atomic mass is 32.2. The molecule has 2 aromatic rings. The molecule has 3 heterocycles. The molecule has 1 atom stereocenters. The molecule has 0 spiro atoms. The van der Waals surface area contributed by atoms with E-state index in [0.29, 0.717) is 13.1 Å². The molecule has 6 nitrogen and oxygen atoms in total. The van der Waals surface area contributed by atoms with Crippen LogP contribution in [0.5, 0.6) is 0 Å². The predicted molar refractivity (Wildman–Crippen MR) is 89.6 cm³/mol. The molecular formula is C16H22N4O2S. The second-order valence-electron chi connectivity index (χ2n) is 6.16. The van der Waals surface area contributed by atoms with E-state index < -0.39 is 10.0 Å². The lowest BCUT2D eigenvalue weighted by atomic mass is 9.95. The van der Waals surface area contributed by atoms with E-state index in [2.05, 4.69) is 4.98 Å². The van der Waals surface area contributed by atoms with Crippen LogP contribution >= 0.6 is 0 Å². The Morgan fingerprint density at radius 2 is 2.09 bits per heavy atom. The summed E-state index contributed by atoms with van der Waals surface area (Å²) >= 11 is 0. The maximum absolute atomic E-state index is 11.8. The van der Waals surface area contributed by atoms with Gasteiger partial charge in [-0.2, -0.15) is 0 Å². The first-order chi connectivity index (χ1) is 10.9. The molecule has 0 radical (unpaired) electrons. The number of aryl methyl sites for hydroxylation is 1. The van der Waals surface area contributed by atoms with Gasteiger partial charge < -0.3 is 4.57 Å². The molecule has 1 aliphatic rings. The van der Waals surface area contributed by atoms with Gasteiger partial charge in [-0.25, -0.2) is 17.7 Å². The molecule has 2 aromatic heterocycles. The van der Waals surface area contributed by atoms with Gasteiger partial charge in [0.25, 0.3) is 0 Å². The molecule has 23 heavy (non-hydrogen) atoms. The van der Waals surface area contributed by atoms with Crippen LogP contribution in [0, 0.1) is 6.92 Å². The third-order valence-corrected chi connectivity index (χ3v) is 5.79. The molecule has 1 fully saturated rings. The van der Waals surface area contributed by atoms with Gasteiger partial charge in [-0.3, -0.25) is 4.98 Å². The zero-order valence-corrected chi connectivity index (χ0v) is 14.5. The summed E-state index contributed by atoms with van der Waals surface area (Å²) < 4.78 is 27.2. The van der Waals surface area contributed by atoms with E-state index in [1.54, 1.807) is 4.31 Å². The largest absolute Gasteiger partial charge is 0.330 e. The molecule has 1 saturated heterocycles. The van der Waals surface area contributed by atoms with Crippen molar-refractivity contribution in [2.24, 2.45) is 7.05 Å². The summed E-state index contributed by atoms with van der Waals surface area (Å²) in [5.41, 5.74) is 2.80. The van der Waals surface area contributed by atoms with Gasteiger partial charge in [0.2, 0.25) is 10.0 Å². The van der Waals surface area contributed by atoms with E-state index in [4.69, 9.17) is 4.98 Å². The first-order valence-electron chi connectivity index (χ1n) is 7.77. The van der Waals surface area contributed by atoms with Crippen molar-refractivity contribution in [3.05, 3.63) is 35.9 Å². The Morgan fingerprint density at radius 1 is 1.30 bits per heavy atom. The number of nitrogens with zero attached hydrogens (tertiary/aromatic N) is 4. The maximum atomic E-state index is 11.8. The fraction of sp³-hybridized carbons (Fsp3) is 0.500. The van der Waals surface area contributed by atoms with Crippen LogP contribution in [0.2, 0.25) is 0 Å². The van der Waals surface area contributed by atoms with Crippen molar-refractivity contribution in [1.29, 1.82) is 0 Å². The Bertz CT molecular complexity index is 813. The molecule has 0 bridgehead atoms. The van der Waals surface area contributed by atoms with Crippen molar-refractivity contribution in [2.75, 3.05) is 19.3 Å². The summed E-state index contributed by atoms with van der Waals surface area (Å²) in [6.07, 6.45) is 4.93. The highest BCUT2D eigenvalue weighted by Gasteiger charge is 2.27. The third kappa shape index (κ3) is 3.30. The standard InChI is InChI=1S/C16H22N4O2S/c1-12-17-10-16(19(12)2)15-8-4-7-14(18-15)13-6-5-9-20(11-13)23(3,21)22/h4,7-8,10,13H,5-6,9,11H2,1-3H3/t13-/m1/s1. The average Bonchev–Trinajstić information content (AvgIpc) is 2.86. The SMILES string of the molecule is Cc1ncc(-c2cccc([C@@H]3CCCN(S(C)(=O)=O)C3)n2)n1C. The Hall–Kier alpha value is -1.73. The molecule has 0 saturated carbocycles. The van der Waals surface area contributed by atoms with E-state index in [1.165, 1.54) is 6.26 Å². The fourth-order valence-corrected chi connectivity index (χ4v) is 3.96. The van der Waals surface area contributed by atoms with Gasteiger partial charge in [0.1, 0.15) is 5.82 Å². The Kier molecular flexibility index (Phi) is 4.25. The first kappa shape index (κ1) is 16.1. The molecule has 0 aromatic carbocycles. The lowest BCUT2D eigenvalue weighted by Crippen LogP contribution is -2.38. The van der Waals surface area contributed by atoms with Crippen molar-refractivity contribution < 1.29 is 8.42 Å². The lowest BCUT2D eigenvalue weighted by molar-refractivity contribution is 0.314. The van der Waals surface area contributed by atoms with Crippen molar-refractivity contribution in [3.63, 3.8) is 0 Å². The van der Waals surface area contributed by atoms with Crippen molar-refractivity contribution in [2.45, 2.75) is 25.7 Å². The van der Waals surface area contributed by atoms with Gasteiger partial charge in [0, 0.05) is 31.7 Å². The average molecular weight is 334 g/mol. The number of aromatic nitrogens is 3. The summed E-state index contributed by atoms with van der Waals surface area (Å²) in [5, 5.41) is 0. The molecule has 0 amide bonds. The van der Waals surface area contributed by atoms with E-state index in [1.807, 2.05) is 42.9 Å². The molecular weight excluding hydrogens is 312 g/mol. The lowest BCUT2D eigenvalue weighted by Gasteiger charge is -2.30. The summed E-state index contributed by atoms with van der Waals surface area (Å²) in [6, 6.07) is 5.94. The van der Waals surface area contributed by atoms with Crippen LogP contribution in [-0.2, 0) is 17.1 Å². The molecule has 0 N–H and O–H groups in total. The molecule has 0 unspecified atom stereocenters.